The number of nitrogens with two attached hydrogens (primary N) is 1. The largest absolute Gasteiger partial charge is 0.504 e. The maximum Gasteiger partial charge on any atom is 0.160 e. The number of phenols is 1. The molecule has 24 heavy (non-hydrogen) atoms. The van der Waals surface area contributed by atoms with Crippen LogP contribution in [-0.4, -0.2) is 29.1 Å². The molecule has 0 spiro atoms. The molecule has 3 aliphatic rings. The molecule has 5 atom stereocenters. The first-order valence-corrected chi connectivity index (χ1v) is 8.85. The van der Waals surface area contributed by atoms with E-state index < -0.39 is 0 Å². The number of hydrogen-bond acceptors (Lipinski definition) is 5. The third-order valence-electron chi connectivity index (χ3n) is 7.03. The van der Waals surface area contributed by atoms with Crippen molar-refractivity contribution in [1.29, 1.82) is 0 Å². The lowest BCUT2D eigenvalue weighted by Gasteiger charge is -2.50. The molecular formula is C19H26N2O3. The molecule has 4 N–H and O–H groups in total. The van der Waals surface area contributed by atoms with Crippen LogP contribution >= 0.6 is 0 Å². The van der Waals surface area contributed by atoms with Gasteiger partial charge < -0.3 is 20.8 Å². The van der Waals surface area contributed by atoms with Crippen LogP contribution in [0.5, 0.6) is 11.5 Å². The average Bonchev–Trinajstić information content (AvgIpc) is 2.89. The number of benzene rings is 1. The summed E-state index contributed by atoms with van der Waals surface area (Å²) in [7, 11) is 1.57. The van der Waals surface area contributed by atoms with E-state index in [1.54, 1.807) is 13.2 Å². The van der Waals surface area contributed by atoms with Crippen molar-refractivity contribution in [2.24, 2.45) is 28.2 Å². The monoisotopic (exact) mass is 330 g/mol. The van der Waals surface area contributed by atoms with Crippen molar-refractivity contribution < 1.29 is 14.9 Å². The lowest BCUT2D eigenvalue weighted by atomic mass is 9.55. The number of hydrogen-bond donors (Lipinski definition) is 3. The number of nitrogens with zero attached hydrogens (tertiary/aromatic N) is 1. The number of ether oxygens (including phenoxy) is 1. The third kappa shape index (κ3) is 2.00. The number of aliphatic hydroxyl groups excluding tert-OH is 1. The summed E-state index contributed by atoms with van der Waals surface area (Å²) in [4.78, 5) is 0. The Labute approximate surface area is 142 Å². The highest BCUT2D eigenvalue weighted by atomic mass is 16.5. The van der Waals surface area contributed by atoms with Gasteiger partial charge in [-0.05, 0) is 73.0 Å². The maximum absolute atomic E-state index is 10.5. The van der Waals surface area contributed by atoms with Crippen LogP contribution in [0.3, 0.4) is 0 Å². The first-order chi connectivity index (χ1) is 11.5. The summed E-state index contributed by atoms with van der Waals surface area (Å²) >= 11 is 0. The molecule has 5 nitrogen and oxygen atoms in total. The fourth-order valence-electron chi connectivity index (χ4n) is 5.69. The number of aliphatic hydroxyl groups is 1. The topological polar surface area (TPSA) is 88.1 Å². The Hall–Kier alpha value is -1.75. The molecule has 3 aliphatic carbocycles. The van der Waals surface area contributed by atoms with Gasteiger partial charge in [0.25, 0.3) is 0 Å². The highest BCUT2D eigenvalue weighted by Crippen LogP contribution is 2.61. The molecule has 1 aromatic rings. The van der Waals surface area contributed by atoms with Gasteiger partial charge in [0.15, 0.2) is 11.5 Å². The minimum absolute atomic E-state index is 0.0133. The first kappa shape index (κ1) is 15.8. The van der Waals surface area contributed by atoms with Crippen molar-refractivity contribution in [1.82, 2.24) is 0 Å². The number of phenolic OH excluding ortho intramolecular Hbond substituents is 1. The summed E-state index contributed by atoms with van der Waals surface area (Å²) < 4.78 is 5.32. The predicted octanol–water partition coefficient (Wildman–Crippen LogP) is 2.74. The normalized spacial score (nSPS) is 39.2. The van der Waals surface area contributed by atoms with E-state index in [-0.39, 0.29) is 17.3 Å². The molecule has 0 saturated heterocycles. The van der Waals surface area contributed by atoms with Crippen molar-refractivity contribution in [2.45, 2.75) is 51.0 Å². The molecule has 0 aromatic heterocycles. The lowest BCUT2D eigenvalue weighted by molar-refractivity contribution is -0.0177. The summed E-state index contributed by atoms with van der Waals surface area (Å²) in [5.74, 6) is 7.69. The fraction of sp³-hybridized carbons (Fsp3) is 0.632. The number of rotatable bonds is 1. The van der Waals surface area contributed by atoms with Crippen molar-refractivity contribution in [2.75, 3.05) is 7.11 Å². The van der Waals surface area contributed by atoms with Gasteiger partial charge >= 0.3 is 0 Å². The van der Waals surface area contributed by atoms with Gasteiger partial charge in [0, 0.05) is 5.56 Å². The van der Waals surface area contributed by atoms with Crippen LogP contribution in [0.15, 0.2) is 17.2 Å². The van der Waals surface area contributed by atoms with Crippen LogP contribution < -0.4 is 10.6 Å². The second kappa shape index (κ2) is 5.38. The van der Waals surface area contributed by atoms with Gasteiger partial charge in [0.05, 0.1) is 18.9 Å². The summed E-state index contributed by atoms with van der Waals surface area (Å²) in [5.41, 5.74) is 3.02. The van der Waals surface area contributed by atoms with E-state index in [1.165, 1.54) is 5.56 Å². The van der Waals surface area contributed by atoms with Crippen molar-refractivity contribution >= 4 is 5.71 Å². The van der Waals surface area contributed by atoms with E-state index in [0.717, 1.165) is 43.4 Å². The molecule has 0 aliphatic heterocycles. The zero-order chi connectivity index (χ0) is 17.1. The van der Waals surface area contributed by atoms with E-state index >= 15 is 0 Å². The van der Waals surface area contributed by atoms with Gasteiger partial charge in [0.1, 0.15) is 0 Å². The van der Waals surface area contributed by atoms with Gasteiger partial charge in [-0.15, -0.1) is 0 Å². The molecule has 2 fully saturated rings. The third-order valence-corrected chi connectivity index (χ3v) is 7.03. The Kier molecular flexibility index (Phi) is 3.53. The molecule has 5 heteroatoms. The van der Waals surface area contributed by atoms with Crippen molar-refractivity contribution in [3.8, 4) is 11.5 Å². The number of hydrazone groups is 1. The Bertz CT molecular complexity index is 702. The molecule has 0 radical (unpaired) electrons. The van der Waals surface area contributed by atoms with Crippen LogP contribution in [0.1, 0.15) is 56.1 Å². The van der Waals surface area contributed by atoms with Crippen LogP contribution in [0.2, 0.25) is 0 Å². The Morgan fingerprint density at radius 2 is 2.08 bits per heavy atom. The molecule has 0 amide bonds. The number of methoxy groups -OCH3 is 1. The van der Waals surface area contributed by atoms with E-state index in [1.807, 2.05) is 6.07 Å². The SMILES string of the molecule is COc1cc2c(cc1O)C(=NN)C[C@@H]1[C@@H]2CC[C@]2(C)[C@@H](O)CC[C@@H]12. The van der Waals surface area contributed by atoms with Crippen LogP contribution in [0.25, 0.3) is 0 Å². The van der Waals surface area contributed by atoms with Gasteiger partial charge in [-0.2, -0.15) is 5.10 Å². The molecule has 1 aromatic carbocycles. The first-order valence-electron chi connectivity index (χ1n) is 8.85. The summed E-state index contributed by atoms with van der Waals surface area (Å²) in [5, 5.41) is 24.7. The number of aromatic hydroxyl groups is 1. The van der Waals surface area contributed by atoms with Crippen LogP contribution in [0.4, 0.5) is 0 Å². The summed E-state index contributed by atoms with van der Waals surface area (Å²) in [6.07, 6.45) is 4.68. The molecule has 4 rings (SSSR count). The molecule has 2 saturated carbocycles. The highest BCUT2D eigenvalue weighted by molar-refractivity contribution is 6.03. The smallest absolute Gasteiger partial charge is 0.160 e. The van der Waals surface area contributed by atoms with E-state index in [4.69, 9.17) is 10.6 Å². The second-order valence-corrected chi connectivity index (χ2v) is 7.91. The van der Waals surface area contributed by atoms with E-state index in [0.29, 0.717) is 23.5 Å². The van der Waals surface area contributed by atoms with Gasteiger partial charge in [-0.3, -0.25) is 0 Å². The highest BCUT2D eigenvalue weighted by Gasteiger charge is 2.55. The summed E-state index contributed by atoms with van der Waals surface area (Å²) in [6.45, 7) is 2.25. The zero-order valence-corrected chi connectivity index (χ0v) is 14.3. The number of fused-ring (bicyclic) bond motifs is 5. The van der Waals surface area contributed by atoms with E-state index in [2.05, 4.69) is 12.0 Å². The van der Waals surface area contributed by atoms with E-state index in [9.17, 15) is 10.2 Å². The van der Waals surface area contributed by atoms with Crippen molar-refractivity contribution in [3.05, 3.63) is 23.3 Å². The molecule has 130 valence electrons. The average molecular weight is 330 g/mol. The molecular weight excluding hydrogens is 304 g/mol. The van der Waals surface area contributed by atoms with Crippen molar-refractivity contribution in [3.63, 3.8) is 0 Å². The quantitative estimate of drug-likeness (QED) is 0.546. The van der Waals surface area contributed by atoms with Crippen LogP contribution in [-0.2, 0) is 0 Å². The van der Waals surface area contributed by atoms with Gasteiger partial charge in [-0.1, -0.05) is 6.92 Å². The Morgan fingerprint density at radius 3 is 2.79 bits per heavy atom. The Balaban J connectivity index is 1.81. The minimum Gasteiger partial charge on any atom is -0.504 e. The summed E-state index contributed by atoms with van der Waals surface area (Å²) in [6, 6.07) is 3.70. The van der Waals surface area contributed by atoms with Crippen LogP contribution in [0, 0.1) is 17.3 Å². The molecule has 0 unspecified atom stereocenters. The maximum atomic E-state index is 10.5. The lowest BCUT2D eigenvalue weighted by Crippen LogP contribution is -2.45. The molecule has 0 heterocycles. The van der Waals surface area contributed by atoms with Gasteiger partial charge in [0.2, 0.25) is 0 Å². The second-order valence-electron chi connectivity index (χ2n) is 7.91. The molecule has 0 bridgehead atoms. The van der Waals surface area contributed by atoms with Gasteiger partial charge in [-0.25, -0.2) is 0 Å². The minimum atomic E-state index is -0.197. The fourth-order valence-corrected chi connectivity index (χ4v) is 5.69. The Morgan fingerprint density at radius 1 is 1.29 bits per heavy atom. The predicted molar refractivity (Wildman–Crippen MR) is 92.3 cm³/mol. The zero-order valence-electron chi connectivity index (χ0n) is 14.3. The standard InChI is InChI=1S/C19H26N2O3/c1-19-6-5-10-11-9-17(24-2)16(22)8-13(11)15(21-20)7-12(10)14(19)3-4-18(19)23/h8-10,12,14,18,22-23H,3-7,20H2,1-2H3/t10-,12-,14+,18+,19+/m1/s1.